The van der Waals surface area contributed by atoms with Gasteiger partial charge in [-0.25, -0.2) is 0 Å². The second-order valence-corrected chi connectivity index (χ2v) is 2.13. The number of carbonyl (C=O) groups is 1. The van der Waals surface area contributed by atoms with E-state index in [0.29, 0.717) is 6.54 Å². The van der Waals surface area contributed by atoms with E-state index in [1.54, 1.807) is 19.0 Å². The Morgan fingerprint density at radius 1 is 1.67 bits per heavy atom. The predicted molar refractivity (Wildman–Crippen MR) is 32.7 cm³/mol. The van der Waals surface area contributed by atoms with E-state index in [9.17, 15) is 9.90 Å². The molecule has 0 saturated heterocycles. The van der Waals surface area contributed by atoms with Gasteiger partial charge in [-0.1, -0.05) is 6.58 Å². The number of rotatable bonds is 3. The fourth-order valence-electron chi connectivity index (χ4n) is 0.446. The first-order valence-corrected chi connectivity index (χ1v) is 2.58. The minimum Gasteiger partial charge on any atom is -0.545 e. The molecule has 3 heteroatoms. The van der Waals surface area contributed by atoms with Crippen LogP contribution in [0.25, 0.3) is 0 Å². The lowest BCUT2D eigenvalue weighted by atomic mass is 10.3. The van der Waals surface area contributed by atoms with Gasteiger partial charge < -0.3 is 14.8 Å². The van der Waals surface area contributed by atoms with Crippen LogP contribution < -0.4 is 5.11 Å². The molecule has 0 rings (SSSR count). The summed E-state index contributed by atoms with van der Waals surface area (Å²) in [7, 11) is 3.54. The van der Waals surface area contributed by atoms with E-state index in [1.807, 2.05) is 0 Å². The Bertz CT molecular complexity index is 129. The number of nitrogens with zero attached hydrogens (tertiary/aromatic N) is 1. The molecule has 0 amide bonds. The monoisotopic (exact) mass is 128 g/mol. The fourth-order valence-corrected chi connectivity index (χ4v) is 0.446. The SMILES string of the molecule is C=C(CN(C)C)C(=O)[O-]. The van der Waals surface area contributed by atoms with Crippen molar-refractivity contribution in [3.63, 3.8) is 0 Å². The Morgan fingerprint density at radius 3 is 2.22 bits per heavy atom. The van der Waals surface area contributed by atoms with Gasteiger partial charge in [0, 0.05) is 6.54 Å². The number of carbonyl (C=O) groups excluding carboxylic acids is 1. The normalized spacial score (nSPS) is 9.67. The third-order valence-corrected chi connectivity index (χ3v) is 0.796. The van der Waals surface area contributed by atoms with E-state index in [4.69, 9.17) is 0 Å². The van der Waals surface area contributed by atoms with Crippen molar-refractivity contribution in [1.29, 1.82) is 0 Å². The highest BCUT2D eigenvalue weighted by Gasteiger charge is 1.94. The third-order valence-electron chi connectivity index (χ3n) is 0.796. The summed E-state index contributed by atoms with van der Waals surface area (Å²) in [4.78, 5) is 11.7. The second kappa shape index (κ2) is 3.25. The maximum absolute atomic E-state index is 10.00. The van der Waals surface area contributed by atoms with Gasteiger partial charge in [0.2, 0.25) is 0 Å². The van der Waals surface area contributed by atoms with Crippen LogP contribution in [0.3, 0.4) is 0 Å². The van der Waals surface area contributed by atoms with Crippen molar-refractivity contribution in [2.45, 2.75) is 0 Å². The Labute approximate surface area is 54.6 Å². The second-order valence-electron chi connectivity index (χ2n) is 2.13. The molecule has 0 aliphatic rings. The summed E-state index contributed by atoms with van der Waals surface area (Å²) in [6.07, 6.45) is 0. The molecule has 3 nitrogen and oxygen atoms in total. The van der Waals surface area contributed by atoms with Gasteiger partial charge in [0.1, 0.15) is 0 Å². The van der Waals surface area contributed by atoms with Crippen LogP contribution in [0.1, 0.15) is 0 Å². The molecular formula is C6H10NO2-. The molecule has 0 atom stereocenters. The van der Waals surface area contributed by atoms with E-state index in [0.717, 1.165) is 0 Å². The number of likely N-dealkylation sites (N-methyl/N-ethyl adjacent to an activating group) is 1. The lowest BCUT2D eigenvalue weighted by Crippen LogP contribution is -2.29. The molecule has 0 aromatic carbocycles. The topological polar surface area (TPSA) is 43.4 Å². The standard InChI is InChI=1S/C6H11NO2/c1-5(6(8)9)4-7(2)3/h1,4H2,2-3H3,(H,8,9)/p-1. The minimum atomic E-state index is -1.18. The lowest BCUT2D eigenvalue weighted by molar-refractivity contribution is -0.299. The molecule has 0 bridgehead atoms. The number of hydrogen-bond acceptors (Lipinski definition) is 3. The number of carboxylic acids is 1. The van der Waals surface area contributed by atoms with Crippen LogP contribution in [0, 0.1) is 0 Å². The van der Waals surface area contributed by atoms with Gasteiger partial charge in [-0.05, 0) is 19.7 Å². The average molecular weight is 128 g/mol. The van der Waals surface area contributed by atoms with E-state index < -0.39 is 5.97 Å². The lowest BCUT2D eigenvalue weighted by Gasteiger charge is -2.11. The van der Waals surface area contributed by atoms with Crippen LogP contribution in [0.2, 0.25) is 0 Å². The van der Waals surface area contributed by atoms with Crippen LogP contribution in [-0.2, 0) is 4.79 Å². The largest absolute Gasteiger partial charge is 0.545 e. The number of hydrogen-bond donors (Lipinski definition) is 0. The Hall–Kier alpha value is -0.830. The van der Waals surface area contributed by atoms with Crippen molar-refractivity contribution in [1.82, 2.24) is 4.90 Å². The van der Waals surface area contributed by atoms with Gasteiger partial charge in [0.05, 0.1) is 5.97 Å². The van der Waals surface area contributed by atoms with Crippen LogP contribution in [0.15, 0.2) is 12.2 Å². The van der Waals surface area contributed by atoms with Crippen LogP contribution >= 0.6 is 0 Å². The van der Waals surface area contributed by atoms with Gasteiger partial charge in [-0.2, -0.15) is 0 Å². The summed E-state index contributed by atoms with van der Waals surface area (Å²) in [6.45, 7) is 3.64. The van der Waals surface area contributed by atoms with Crippen LogP contribution in [-0.4, -0.2) is 31.5 Å². The van der Waals surface area contributed by atoms with Gasteiger partial charge in [-0.3, -0.25) is 0 Å². The van der Waals surface area contributed by atoms with Crippen molar-refractivity contribution >= 4 is 5.97 Å². The summed E-state index contributed by atoms with van der Waals surface area (Å²) in [5, 5.41) is 10.00. The molecule has 0 radical (unpaired) electrons. The summed E-state index contributed by atoms with van der Waals surface area (Å²) in [5.74, 6) is -1.18. The van der Waals surface area contributed by atoms with Crippen molar-refractivity contribution in [3.05, 3.63) is 12.2 Å². The molecule has 9 heavy (non-hydrogen) atoms. The zero-order valence-corrected chi connectivity index (χ0v) is 5.68. The van der Waals surface area contributed by atoms with E-state index in [1.165, 1.54) is 0 Å². The first-order chi connectivity index (χ1) is 4.04. The van der Waals surface area contributed by atoms with E-state index in [2.05, 4.69) is 6.58 Å². The third kappa shape index (κ3) is 3.73. The summed E-state index contributed by atoms with van der Waals surface area (Å²) >= 11 is 0. The smallest absolute Gasteiger partial charge is 0.0681 e. The predicted octanol–water partition coefficient (Wildman–Crippen LogP) is -1.15. The van der Waals surface area contributed by atoms with Crippen LogP contribution in [0.5, 0.6) is 0 Å². The molecule has 0 spiro atoms. The zero-order chi connectivity index (χ0) is 7.44. The van der Waals surface area contributed by atoms with Gasteiger partial charge in [0.15, 0.2) is 0 Å². The molecule has 0 aliphatic carbocycles. The first-order valence-electron chi connectivity index (χ1n) is 2.58. The molecule has 0 aromatic heterocycles. The quantitative estimate of drug-likeness (QED) is 0.451. The molecular weight excluding hydrogens is 118 g/mol. The molecule has 0 aliphatic heterocycles. The maximum atomic E-state index is 10.00. The van der Waals surface area contributed by atoms with Crippen LogP contribution in [0.4, 0.5) is 0 Å². The molecule has 0 N–H and O–H groups in total. The fraction of sp³-hybridized carbons (Fsp3) is 0.500. The van der Waals surface area contributed by atoms with Gasteiger partial charge in [-0.15, -0.1) is 0 Å². The average Bonchev–Trinajstić information content (AvgIpc) is 1.63. The highest BCUT2D eigenvalue weighted by atomic mass is 16.4. The maximum Gasteiger partial charge on any atom is 0.0681 e. The molecule has 0 unspecified atom stereocenters. The highest BCUT2D eigenvalue weighted by Crippen LogP contribution is 1.87. The number of carboxylic acid groups (broad SMARTS) is 1. The number of aliphatic carboxylic acids is 1. The van der Waals surface area contributed by atoms with E-state index in [-0.39, 0.29) is 5.57 Å². The Kier molecular flexibility index (Phi) is 2.95. The van der Waals surface area contributed by atoms with Crippen molar-refractivity contribution in [3.8, 4) is 0 Å². The molecule has 0 aromatic rings. The Morgan fingerprint density at radius 2 is 2.11 bits per heavy atom. The molecule has 52 valence electrons. The van der Waals surface area contributed by atoms with E-state index >= 15 is 0 Å². The van der Waals surface area contributed by atoms with Gasteiger partial charge in [0.25, 0.3) is 0 Å². The first kappa shape index (κ1) is 8.17. The Balaban J connectivity index is 3.65. The molecule has 0 saturated carbocycles. The summed E-state index contributed by atoms with van der Waals surface area (Å²) < 4.78 is 0. The summed E-state index contributed by atoms with van der Waals surface area (Å²) in [6, 6.07) is 0. The highest BCUT2D eigenvalue weighted by molar-refractivity contribution is 5.84. The van der Waals surface area contributed by atoms with Gasteiger partial charge >= 0.3 is 0 Å². The van der Waals surface area contributed by atoms with Crippen molar-refractivity contribution < 1.29 is 9.90 Å². The molecule has 0 heterocycles. The van der Waals surface area contributed by atoms with Crippen molar-refractivity contribution in [2.24, 2.45) is 0 Å². The summed E-state index contributed by atoms with van der Waals surface area (Å²) in [5.41, 5.74) is 0.111. The molecule has 0 fully saturated rings. The van der Waals surface area contributed by atoms with Crippen molar-refractivity contribution in [2.75, 3.05) is 20.6 Å². The zero-order valence-electron chi connectivity index (χ0n) is 5.68. The minimum absolute atomic E-state index is 0.111.